The number of hydrogen-bond donors (Lipinski definition) is 2. The molecule has 0 fully saturated rings. The van der Waals surface area contributed by atoms with Crippen LogP contribution in [-0.4, -0.2) is 23.7 Å². The normalized spacial score (nSPS) is 18.3. The lowest BCUT2D eigenvalue weighted by Gasteiger charge is -2.20. The van der Waals surface area contributed by atoms with Gasteiger partial charge in [-0.05, 0) is 38.4 Å². The first-order chi connectivity index (χ1) is 9.28. The van der Waals surface area contributed by atoms with Crippen molar-refractivity contribution >= 4 is 11.3 Å². The van der Waals surface area contributed by atoms with Crippen molar-refractivity contribution < 1.29 is 5.11 Å². The molecule has 0 saturated heterocycles. The second-order valence-electron chi connectivity index (χ2n) is 5.02. The molecular formula is C15H18N2OS. The van der Waals surface area contributed by atoms with Crippen molar-refractivity contribution in [1.82, 2.24) is 10.3 Å². The fraction of sp³-hybridized carbons (Fsp3) is 0.400. The maximum Gasteiger partial charge on any atom is 0.124 e. The number of fused-ring (bicyclic) bond motifs is 1. The molecule has 100 valence electrons. The second kappa shape index (κ2) is 5.31. The van der Waals surface area contributed by atoms with E-state index in [1.54, 1.807) is 23.5 Å². The first kappa shape index (κ1) is 12.6. The zero-order valence-corrected chi connectivity index (χ0v) is 11.8. The molecule has 1 aromatic carbocycles. The van der Waals surface area contributed by atoms with Gasteiger partial charge in [-0.15, -0.1) is 11.3 Å². The number of phenols is 1. The van der Waals surface area contributed by atoms with Crippen LogP contribution in [0.2, 0.25) is 0 Å². The van der Waals surface area contributed by atoms with E-state index in [1.807, 2.05) is 19.2 Å². The summed E-state index contributed by atoms with van der Waals surface area (Å²) < 4.78 is 0. The van der Waals surface area contributed by atoms with Crippen LogP contribution in [0.1, 0.15) is 29.3 Å². The molecule has 3 rings (SSSR count). The molecule has 3 nitrogen and oxygen atoms in total. The third-order valence-electron chi connectivity index (χ3n) is 3.61. The Morgan fingerprint density at radius 3 is 3.16 bits per heavy atom. The van der Waals surface area contributed by atoms with Crippen molar-refractivity contribution in [3.8, 4) is 16.3 Å². The van der Waals surface area contributed by atoms with Gasteiger partial charge < -0.3 is 10.4 Å². The van der Waals surface area contributed by atoms with Gasteiger partial charge in [0, 0.05) is 22.9 Å². The van der Waals surface area contributed by atoms with Gasteiger partial charge in [-0.25, -0.2) is 4.98 Å². The summed E-state index contributed by atoms with van der Waals surface area (Å²) in [4.78, 5) is 6.25. The highest BCUT2D eigenvalue weighted by atomic mass is 32.1. The van der Waals surface area contributed by atoms with Crippen molar-refractivity contribution in [3.05, 3.63) is 34.8 Å². The molecule has 19 heavy (non-hydrogen) atoms. The van der Waals surface area contributed by atoms with Crippen LogP contribution >= 0.6 is 11.3 Å². The Labute approximate surface area is 117 Å². The lowest BCUT2D eigenvalue weighted by molar-refractivity contribution is 0.475. The molecule has 0 saturated carbocycles. The summed E-state index contributed by atoms with van der Waals surface area (Å²) in [5.74, 6) is 0.841. The number of thiazole rings is 1. The molecule has 0 bridgehead atoms. The highest BCUT2D eigenvalue weighted by Gasteiger charge is 2.24. The lowest BCUT2D eigenvalue weighted by Crippen LogP contribution is -2.20. The number of aromatic hydroxyl groups is 1. The molecule has 0 spiro atoms. The maximum absolute atomic E-state index is 9.58. The van der Waals surface area contributed by atoms with Gasteiger partial charge in [0.2, 0.25) is 0 Å². The number of likely N-dealkylation sites (N-methyl/N-ethyl adjacent to an activating group) is 1. The molecular weight excluding hydrogens is 256 g/mol. The Bertz CT molecular complexity index is 579. The van der Waals surface area contributed by atoms with E-state index >= 15 is 0 Å². The monoisotopic (exact) mass is 274 g/mol. The molecule has 0 aliphatic heterocycles. The van der Waals surface area contributed by atoms with E-state index in [-0.39, 0.29) is 0 Å². The zero-order chi connectivity index (χ0) is 13.2. The van der Waals surface area contributed by atoms with Crippen LogP contribution in [0.3, 0.4) is 0 Å². The third kappa shape index (κ3) is 2.51. The number of nitrogens with one attached hydrogen (secondary N) is 1. The minimum absolute atomic E-state index is 0.303. The molecule has 1 atom stereocenters. The Balaban J connectivity index is 1.97. The minimum atomic E-state index is 0.303. The SMILES string of the molecule is CNCC1CCCc2sc(-c3cccc(O)c3)nc21. The summed E-state index contributed by atoms with van der Waals surface area (Å²) in [6, 6.07) is 7.37. The molecule has 1 aromatic heterocycles. The standard InChI is InChI=1S/C15H18N2OS/c1-16-9-11-5-3-7-13-14(11)17-15(19-13)10-4-2-6-12(18)8-10/h2,4,6,8,11,16,18H,3,5,7,9H2,1H3. The van der Waals surface area contributed by atoms with Crippen molar-refractivity contribution in [1.29, 1.82) is 0 Å². The van der Waals surface area contributed by atoms with E-state index in [9.17, 15) is 5.11 Å². The first-order valence-electron chi connectivity index (χ1n) is 6.71. The largest absolute Gasteiger partial charge is 0.508 e. The van der Waals surface area contributed by atoms with E-state index in [1.165, 1.54) is 23.4 Å². The summed E-state index contributed by atoms with van der Waals surface area (Å²) in [5, 5.41) is 13.9. The summed E-state index contributed by atoms with van der Waals surface area (Å²) >= 11 is 1.78. The topological polar surface area (TPSA) is 45.1 Å². The Morgan fingerprint density at radius 1 is 1.47 bits per heavy atom. The number of aryl methyl sites for hydroxylation is 1. The lowest BCUT2D eigenvalue weighted by atomic mass is 9.91. The number of phenolic OH excluding ortho intramolecular Hbond substituents is 1. The van der Waals surface area contributed by atoms with Crippen LogP contribution < -0.4 is 5.32 Å². The second-order valence-corrected chi connectivity index (χ2v) is 6.11. The predicted octanol–water partition coefficient (Wildman–Crippen LogP) is 3.16. The molecule has 1 aliphatic rings. The molecule has 1 unspecified atom stereocenters. The summed E-state index contributed by atoms with van der Waals surface area (Å²) in [6.45, 7) is 0.996. The fourth-order valence-corrected chi connectivity index (χ4v) is 3.90. The smallest absolute Gasteiger partial charge is 0.124 e. The van der Waals surface area contributed by atoms with Crippen LogP contribution in [0.5, 0.6) is 5.75 Å². The summed E-state index contributed by atoms with van der Waals surface area (Å²) in [6.07, 6.45) is 3.62. The van der Waals surface area contributed by atoms with Gasteiger partial charge in [0.05, 0.1) is 5.69 Å². The van der Waals surface area contributed by atoms with Crippen LogP contribution in [0.15, 0.2) is 24.3 Å². The molecule has 0 amide bonds. The van der Waals surface area contributed by atoms with Gasteiger partial charge in [-0.3, -0.25) is 0 Å². The van der Waals surface area contributed by atoms with E-state index < -0.39 is 0 Å². The fourth-order valence-electron chi connectivity index (χ4n) is 2.71. The number of benzene rings is 1. The van der Waals surface area contributed by atoms with Crippen molar-refractivity contribution in [2.24, 2.45) is 0 Å². The van der Waals surface area contributed by atoms with E-state index in [2.05, 4.69) is 5.32 Å². The van der Waals surface area contributed by atoms with Crippen LogP contribution in [0.25, 0.3) is 10.6 Å². The van der Waals surface area contributed by atoms with Gasteiger partial charge in [0.25, 0.3) is 0 Å². The average Bonchev–Trinajstić information content (AvgIpc) is 2.84. The van der Waals surface area contributed by atoms with Gasteiger partial charge in [0.15, 0.2) is 0 Å². The molecule has 1 heterocycles. The number of aromatic nitrogens is 1. The van der Waals surface area contributed by atoms with E-state index in [0.29, 0.717) is 11.7 Å². The van der Waals surface area contributed by atoms with Crippen LogP contribution in [0, 0.1) is 0 Å². The molecule has 1 aliphatic carbocycles. The molecule has 2 aromatic rings. The Hall–Kier alpha value is -1.39. The van der Waals surface area contributed by atoms with Gasteiger partial charge in [0.1, 0.15) is 10.8 Å². The van der Waals surface area contributed by atoms with Gasteiger partial charge in [-0.2, -0.15) is 0 Å². The third-order valence-corrected chi connectivity index (χ3v) is 4.79. The van der Waals surface area contributed by atoms with E-state index in [0.717, 1.165) is 23.5 Å². The Kier molecular flexibility index (Phi) is 3.53. The average molecular weight is 274 g/mol. The highest BCUT2D eigenvalue weighted by Crippen LogP contribution is 2.38. The first-order valence-corrected chi connectivity index (χ1v) is 7.53. The van der Waals surface area contributed by atoms with Crippen molar-refractivity contribution in [2.45, 2.75) is 25.2 Å². The quantitative estimate of drug-likeness (QED) is 0.903. The molecule has 2 N–H and O–H groups in total. The molecule has 4 heteroatoms. The van der Waals surface area contributed by atoms with Crippen molar-refractivity contribution in [2.75, 3.05) is 13.6 Å². The number of nitrogens with zero attached hydrogens (tertiary/aromatic N) is 1. The van der Waals surface area contributed by atoms with Crippen LogP contribution in [-0.2, 0) is 6.42 Å². The zero-order valence-electron chi connectivity index (χ0n) is 11.0. The van der Waals surface area contributed by atoms with Gasteiger partial charge >= 0.3 is 0 Å². The number of rotatable bonds is 3. The maximum atomic E-state index is 9.58. The summed E-state index contributed by atoms with van der Waals surface area (Å²) in [5.41, 5.74) is 2.28. The van der Waals surface area contributed by atoms with Crippen molar-refractivity contribution in [3.63, 3.8) is 0 Å². The predicted molar refractivity (Wildman–Crippen MR) is 78.8 cm³/mol. The van der Waals surface area contributed by atoms with E-state index in [4.69, 9.17) is 4.98 Å². The Morgan fingerprint density at radius 2 is 2.37 bits per heavy atom. The minimum Gasteiger partial charge on any atom is -0.508 e. The number of hydrogen-bond acceptors (Lipinski definition) is 4. The van der Waals surface area contributed by atoms with Gasteiger partial charge in [-0.1, -0.05) is 12.1 Å². The summed E-state index contributed by atoms with van der Waals surface area (Å²) in [7, 11) is 2.00. The highest BCUT2D eigenvalue weighted by molar-refractivity contribution is 7.15. The van der Waals surface area contributed by atoms with Crippen LogP contribution in [0.4, 0.5) is 0 Å². The molecule has 0 radical (unpaired) electrons.